The maximum Gasteiger partial charge on any atom is 0.252 e. The number of nitrogens with one attached hydrogen (secondary N) is 2. The first-order valence-corrected chi connectivity index (χ1v) is 11.4. The number of aromatic nitrogens is 1. The van der Waals surface area contributed by atoms with Crippen LogP contribution in [0.3, 0.4) is 0 Å². The van der Waals surface area contributed by atoms with Gasteiger partial charge in [0.25, 0.3) is 5.91 Å². The summed E-state index contributed by atoms with van der Waals surface area (Å²) in [5.74, 6) is -0.0251. The van der Waals surface area contributed by atoms with Gasteiger partial charge in [0.05, 0.1) is 5.54 Å². The van der Waals surface area contributed by atoms with E-state index in [1.807, 2.05) is 57.2 Å². The van der Waals surface area contributed by atoms with Crippen molar-refractivity contribution in [2.75, 3.05) is 0 Å². The summed E-state index contributed by atoms with van der Waals surface area (Å²) in [5, 5.41) is 4.39. The van der Waals surface area contributed by atoms with E-state index in [4.69, 9.17) is 5.73 Å². The molecule has 1 heterocycles. The summed E-state index contributed by atoms with van der Waals surface area (Å²) in [7, 11) is 0. The fourth-order valence-corrected chi connectivity index (χ4v) is 4.22. The van der Waals surface area contributed by atoms with Gasteiger partial charge in [0, 0.05) is 23.3 Å². The quantitative estimate of drug-likeness (QED) is 0.364. The van der Waals surface area contributed by atoms with Crippen molar-refractivity contribution in [1.82, 2.24) is 10.3 Å². The summed E-state index contributed by atoms with van der Waals surface area (Å²) < 4.78 is 0. The highest BCUT2D eigenvalue weighted by Gasteiger charge is 2.45. The topological polar surface area (TPSA) is 70.9 Å². The minimum absolute atomic E-state index is 0.0251. The lowest BCUT2D eigenvalue weighted by molar-refractivity contribution is 0.0930. The molecule has 5 rings (SSSR count). The molecule has 4 nitrogen and oxygen atoms in total. The average Bonchev–Trinajstić information content (AvgIpc) is 3.51. The second-order valence-electron chi connectivity index (χ2n) is 8.23. The molecule has 164 valence electrons. The molecule has 3 aromatic carbocycles. The second-order valence-corrected chi connectivity index (χ2v) is 8.23. The van der Waals surface area contributed by atoms with Gasteiger partial charge in [0.2, 0.25) is 0 Å². The molecule has 4 aromatic rings. The number of aryl methyl sites for hydroxylation is 1. The van der Waals surface area contributed by atoms with Crippen molar-refractivity contribution < 1.29 is 4.79 Å². The van der Waals surface area contributed by atoms with Gasteiger partial charge in [-0.15, -0.1) is 0 Å². The molecule has 4 N–H and O–H groups in total. The Kier molecular flexibility index (Phi) is 6.15. The highest BCUT2D eigenvalue weighted by atomic mass is 16.1. The van der Waals surface area contributed by atoms with Gasteiger partial charge in [0.1, 0.15) is 0 Å². The van der Waals surface area contributed by atoms with Crippen molar-refractivity contribution in [3.8, 4) is 11.1 Å². The van der Waals surface area contributed by atoms with Crippen LogP contribution in [0.1, 0.15) is 53.9 Å². The van der Waals surface area contributed by atoms with Crippen molar-refractivity contribution in [1.29, 1.82) is 0 Å². The van der Waals surface area contributed by atoms with Crippen LogP contribution in [0, 0.1) is 6.92 Å². The van der Waals surface area contributed by atoms with Crippen molar-refractivity contribution in [2.45, 2.75) is 45.7 Å². The number of aromatic amines is 1. The van der Waals surface area contributed by atoms with Gasteiger partial charge in [-0.1, -0.05) is 68.4 Å². The molecule has 0 atom stereocenters. The first-order valence-electron chi connectivity index (χ1n) is 11.4. The number of H-pyrrole nitrogens is 1. The maximum atomic E-state index is 13.2. The first kappa shape index (κ1) is 21.8. The number of nitrogens with two attached hydrogens (primary N) is 1. The van der Waals surface area contributed by atoms with E-state index in [2.05, 4.69) is 46.7 Å². The molecule has 1 fully saturated rings. The fraction of sp³-hybridized carbons (Fsp3) is 0.250. The van der Waals surface area contributed by atoms with E-state index < -0.39 is 0 Å². The maximum absolute atomic E-state index is 13.2. The van der Waals surface area contributed by atoms with Crippen molar-refractivity contribution >= 4 is 16.8 Å². The molecule has 0 saturated heterocycles. The van der Waals surface area contributed by atoms with Crippen LogP contribution >= 0.6 is 0 Å². The Balaban J connectivity index is 0.00000119. The summed E-state index contributed by atoms with van der Waals surface area (Å²) in [6, 6.07) is 24.9. The van der Waals surface area contributed by atoms with E-state index in [0.717, 1.165) is 35.0 Å². The van der Waals surface area contributed by atoms with E-state index >= 15 is 0 Å². The SMILES string of the molecule is CC.Cc1cc2cc(CN)[nH]c2cc1C(=O)NC1(c2ccc(-c3ccccc3)cc2)CC1. The van der Waals surface area contributed by atoms with Gasteiger partial charge < -0.3 is 16.0 Å². The Morgan fingerprint density at radius 2 is 1.62 bits per heavy atom. The average molecular weight is 426 g/mol. The van der Waals surface area contributed by atoms with Gasteiger partial charge in [-0.25, -0.2) is 0 Å². The minimum atomic E-state index is -0.258. The van der Waals surface area contributed by atoms with E-state index in [1.54, 1.807) is 0 Å². The van der Waals surface area contributed by atoms with Crippen molar-refractivity contribution in [3.05, 3.63) is 95.2 Å². The third-order valence-corrected chi connectivity index (χ3v) is 6.13. The third-order valence-electron chi connectivity index (χ3n) is 6.13. The van der Waals surface area contributed by atoms with Crippen LogP contribution in [0.15, 0.2) is 72.8 Å². The Morgan fingerprint density at radius 3 is 2.25 bits per heavy atom. The molecule has 0 unspecified atom stereocenters. The minimum Gasteiger partial charge on any atom is -0.357 e. The molecule has 1 aromatic heterocycles. The summed E-state index contributed by atoms with van der Waals surface area (Å²) in [6.07, 6.45) is 1.93. The zero-order chi connectivity index (χ0) is 22.7. The standard InChI is InChI=1S/C26H25N3O.C2H6/c1-17-13-20-14-22(16-27)28-24(20)15-23(17)25(30)29-26(11-12-26)21-9-7-19(8-10-21)18-5-3-2-4-6-18;1-2/h2-10,13-15,28H,11-12,16,27H2,1H3,(H,29,30);1-2H3. The normalized spacial score (nSPS) is 13.9. The van der Waals surface area contributed by atoms with E-state index in [-0.39, 0.29) is 11.4 Å². The largest absolute Gasteiger partial charge is 0.357 e. The molecule has 0 bridgehead atoms. The van der Waals surface area contributed by atoms with Gasteiger partial charge in [0.15, 0.2) is 0 Å². The first-order chi connectivity index (χ1) is 15.6. The number of fused-ring (bicyclic) bond motifs is 1. The summed E-state index contributed by atoms with van der Waals surface area (Å²) in [5.41, 5.74) is 12.6. The van der Waals surface area contributed by atoms with Crippen LogP contribution in [0.25, 0.3) is 22.0 Å². The molecule has 1 saturated carbocycles. The lowest BCUT2D eigenvalue weighted by Crippen LogP contribution is -2.35. The lowest BCUT2D eigenvalue weighted by atomic mass is 9.98. The predicted molar refractivity (Wildman–Crippen MR) is 133 cm³/mol. The van der Waals surface area contributed by atoms with Crippen molar-refractivity contribution in [3.63, 3.8) is 0 Å². The Labute approximate surface area is 189 Å². The number of hydrogen-bond donors (Lipinski definition) is 3. The van der Waals surface area contributed by atoms with Crippen LogP contribution in [0.2, 0.25) is 0 Å². The van der Waals surface area contributed by atoms with Gasteiger partial charge >= 0.3 is 0 Å². The van der Waals surface area contributed by atoms with Crippen LogP contribution < -0.4 is 11.1 Å². The van der Waals surface area contributed by atoms with Crippen LogP contribution in [-0.2, 0) is 12.1 Å². The molecule has 1 amide bonds. The summed E-state index contributed by atoms with van der Waals surface area (Å²) >= 11 is 0. The lowest BCUT2D eigenvalue weighted by Gasteiger charge is -2.19. The van der Waals surface area contributed by atoms with Crippen molar-refractivity contribution in [2.24, 2.45) is 5.73 Å². The number of carbonyl (C=O) groups is 1. The number of carbonyl (C=O) groups excluding carboxylic acids is 1. The molecule has 0 aliphatic heterocycles. The Hall–Kier alpha value is -3.37. The van der Waals surface area contributed by atoms with Crippen LogP contribution in [0.5, 0.6) is 0 Å². The molecule has 0 radical (unpaired) electrons. The van der Waals surface area contributed by atoms with Crippen LogP contribution in [-0.4, -0.2) is 10.9 Å². The number of amides is 1. The molecule has 1 aliphatic carbocycles. The molecular formula is C28H31N3O. The predicted octanol–water partition coefficient (Wildman–Crippen LogP) is 6.05. The summed E-state index contributed by atoms with van der Waals surface area (Å²) in [6.45, 7) is 6.44. The van der Waals surface area contributed by atoms with E-state index in [1.165, 1.54) is 16.7 Å². The highest BCUT2D eigenvalue weighted by Crippen LogP contribution is 2.46. The van der Waals surface area contributed by atoms with E-state index in [0.29, 0.717) is 12.1 Å². The molecule has 0 spiro atoms. The summed E-state index contributed by atoms with van der Waals surface area (Å²) in [4.78, 5) is 16.4. The number of benzene rings is 3. The Bertz CT molecular complexity index is 1220. The smallest absolute Gasteiger partial charge is 0.252 e. The van der Waals surface area contributed by atoms with Gasteiger partial charge in [-0.3, -0.25) is 4.79 Å². The van der Waals surface area contributed by atoms with E-state index in [9.17, 15) is 4.79 Å². The second kappa shape index (κ2) is 9.01. The molecule has 4 heteroatoms. The highest BCUT2D eigenvalue weighted by molar-refractivity contribution is 6.00. The molecule has 1 aliphatic rings. The zero-order valence-electron chi connectivity index (χ0n) is 19.0. The van der Waals surface area contributed by atoms with Crippen LogP contribution in [0.4, 0.5) is 0 Å². The zero-order valence-corrected chi connectivity index (χ0v) is 19.0. The third kappa shape index (κ3) is 4.19. The van der Waals surface area contributed by atoms with Gasteiger partial charge in [-0.2, -0.15) is 0 Å². The fourth-order valence-electron chi connectivity index (χ4n) is 4.22. The number of hydrogen-bond acceptors (Lipinski definition) is 2. The number of rotatable bonds is 5. The Morgan fingerprint density at radius 1 is 0.969 bits per heavy atom. The van der Waals surface area contributed by atoms with Gasteiger partial charge in [-0.05, 0) is 65.6 Å². The monoisotopic (exact) mass is 425 g/mol. The molecule has 32 heavy (non-hydrogen) atoms. The molecular weight excluding hydrogens is 394 g/mol.